The summed E-state index contributed by atoms with van der Waals surface area (Å²) in [4.78, 5) is 34.1. The van der Waals surface area contributed by atoms with Crippen molar-refractivity contribution in [3.8, 4) is 5.75 Å². The quantitative estimate of drug-likeness (QED) is 0.812. The maximum absolute atomic E-state index is 12.7. The molecule has 2 amide bonds. The summed E-state index contributed by atoms with van der Waals surface area (Å²) in [6, 6.07) is 7.15. The number of nitrogens with zero attached hydrogens (tertiary/aromatic N) is 3. The first-order valence-electron chi connectivity index (χ1n) is 8.98. The van der Waals surface area contributed by atoms with Crippen molar-refractivity contribution in [2.75, 3.05) is 33.3 Å². The van der Waals surface area contributed by atoms with Gasteiger partial charge < -0.3 is 14.5 Å². The molecule has 0 atom stereocenters. The molecule has 0 aliphatic carbocycles. The number of ether oxygens (including phenoxy) is 1. The lowest BCUT2D eigenvalue weighted by atomic mass is 9.98. The van der Waals surface area contributed by atoms with E-state index in [1.54, 1.807) is 35.2 Å². The van der Waals surface area contributed by atoms with Crippen LogP contribution < -0.4 is 4.74 Å². The molecule has 0 unspecified atom stereocenters. The Kier molecular flexibility index (Phi) is 5.51. The maximum Gasteiger partial charge on any atom is 0.265 e. The van der Waals surface area contributed by atoms with E-state index < -0.39 is 0 Å². The molecular weight excluding hydrogens is 362 g/mol. The van der Waals surface area contributed by atoms with Crippen molar-refractivity contribution in [3.63, 3.8) is 0 Å². The van der Waals surface area contributed by atoms with Crippen LogP contribution in [-0.4, -0.2) is 59.9 Å². The molecule has 1 aliphatic heterocycles. The Morgan fingerprint density at radius 2 is 1.70 bits per heavy atom. The molecule has 1 saturated heterocycles. The molecule has 144 valence electrons. The average molecular weight is 388 g/mol. The van der Waals surface area contributed by atoms with E-state index >= 15 is 0 Å². The molecule has 3 rings (SSSR count). The smallest absolute Gasteiger partial charge is 0.265 e. The number of amides is 2. The van der Waals surface area contributed by atoms with Gasteiger partial charge >= 0.3 is 0 Å². The summed E-state index contributed by atoms with van der Waals surface area (Å²) in [7, 11) is 1.58. The number of carbonyl (C=O) groups is 2. The molecule has 0 N–H and O–H groups in total. The van der Waals surface area contributed by atoms with Crippen LogP contribution in [0.1, 0.15) is 45.8 Å². The van der Waals surface area contributed by atoms with Crippen LogP contribution in [0.15, 0.2) is 30.5 Å². The van der Waals surface area contributed by atoms with Crippen LogP contribution in [0.5, 0.6) is 5.75 Å². The van der Waals surface area contributed by atoms with Crippen LogP contribution in [-0.2, 0) is 5.41 Å². The number of methoxy groups -OCH3 is 1. The molecule has 6 nitrogen and oxygen atoms in total. The fourth-order valence-corrected chi connectivity index (χ4v) is 3.87. The topological polar surface area (TPSA) is 62.7 Å². The molecule has 2 aromatic rings. The highest BCUT2D eigenvalue weighted by Crippen LogP contribution is 2.27. The molecule has 1 fully saturated rings. The lowest BCUT2D eigenvalue weighted by Crippen LogP contribution is -2.50. The standard InChI is InChI=1S/C20H25N3O3S/c1-20(2,3)19-21-13-16(27-19)18(25)23-10-8-22(9-11-23)17(24)14-6-5-7-15(12-14)26-4/h5-7,12-13H,8-11H2,1-4H3. The van der Waals surface area contributed by atoms with Gasteiger partial charge in [-0.05, 0) is 18.2 Å². The van der Waals surface area contributed by atoms with E-state index in [9.17, 15) is 9.59 Å². The minimum absolute atomic E-state index is 0.00326. The third-order valence-electron chi connectivity index (χ3n) is 4.53. The van der Waals surface area contributed by atoms with E-state index in [-0.39, 0.29) is 17.2 Å². The number of rotatable bonds is 3. The molecule has 7 heteroatoms. The first-order chi connectivity index (χ1) is 12.8. The lowest BCUT2D eigenvalue weighted by molar-refractivity contribution is 0.0538. The molecule has 0 radical (unpaired) electrons. The zero-order chi connectivity index (χ0) is 19.6. The van der Waals surface area contributed by atoms with E-state index in [4.69, 9.17) is 4.74 Å². The number of carbonyl (C=O) groups excluding carboxylic acids is 2. The Labute approximate surface area is 163 Å². The number of benzene rings is 1. The van der Waals surface area contributed by atoms with Gasteiger partial charge in [-0.1, -0.05) is 26.8 Å². The van der Waals surface area contributed by atoms with Gasteiger partial charge in [-0.2, -0.15) is 0 Å². The van der Waals surface area contributed by atoms with Crippen molar-refractivity contribution >= 4 is 23.2 Å². The largest absolute Gasteiger partial charge is 0.497 e. The molecule has 0 saturated carbocycles. The van der Waals surface area contributed by atoms with Crippen molar-refractivity contribution in [3.05, 3.63) is 45.9 Å². The summed E-state index contributed by atoms with van der Waals surface area (Å²) < 4.78 is 5.19. The Morgan fingerprint density at radius 3 is 2.26 bits per heavy atom. The Morgan fingerprint density at radius 1 is 1.07 bits per heavy atom. The van der Waals surface area contributed by atoms with Crippen LogP contribution in [0.25, 0.3) is 0 Å². The van der Waals surface area contributed by atoms with Crippen LogP contribution in [0.3, 0.4) is 0 Å². The Bertz CT molecular complexity index is 833. The normalized spacial score (nSPS) is 15.0. The molecule has 27 heavy (non-hydrogen) atoms. The van der Waals surface area contributed by atoms with Gasteiger partial charge in [0.25, 0.3) is 11.8 Å². The highest BCUT2D eigenvalue weighted by atomic mass is 32.1. The van der Waals surface area contributed by atoms with Gasteiger partial charge in [0.15, 0.2) is 0 Å². The van der Waals surface area contributed by atoms with Gasteiger partial charge in [0.1, 0.15) is 10.6 Å². The van der Waals surface area contributed by atoms with Gasteiger partial charge in [-0.3, -0.25) is 9.59 Å². The second-order valence-corrected chi connectivity index (χ2v) is 8.63. The fraction of sp³-hybridized carbons (Fsp3) is 0.450. The number of thiazole rings is 1. The predicted octanol–water partition coefficient (Wildman–Crippen LogP) is 3.05. The highest BCUT2D eigenvalue weighted by Gasteiger charge is 2.28. The first kappa shape index (κ1) is 19.4. The second kappa shape index (κ2) is 7.68. The van der Waals surface area contributed by atoms with E-state index in [1.165, 1.54) is 11.3 Å². The molecule has 1 aromatic carbocycles. The minimum Gasteiger partial charge on any atom is -0.497 e. The molecule has 1 aliphatic rings. The van der Waals surface area contributed by atoms with E-state index in [2.05, 4.69) is 25.8 Å². The Hall–Kier alpha value is -2.41. The lowest BCUT2D eigenvalue weighted by Gasteiger charge is -2.34. The SMILES string of the molecule is COc1cccc(C(=O)N2CCN(C(=O)c3cnc(C(C)(C)C)s3)CC2)c1. The summed E-state index contributed by atoms with van der Waals surface area (Å²) in [5, 5.41) is 0.956. The Balaban J connectivity index is 1.62. The zero-order valence-corrected chi connectivity index (χ0v) is 17.0. The summed E-state index contributed by atoms with van der Waals surface area (Å²) in [6.07, 6.45) is 1.67. The summed E-state index contributed by atoms with van der Waals surface area (Å²) in [5.74, 6) is 0.625. The average Bonchev–Trinajstić information content (AvgIpc) is 3.18. The number of hydrogen-bond donors (Lipinski definition) is 0. The van der Waals surface area contributed by atoms with Crippen molar-refractivity contribution < 1.29 is 14.3 Å². The molecule has 2 heterocycles. The second-order valence-electron chi connectivity index (χ2n) is 7.60. The van der Waals surface area contributed by atoms with Crippen molar-refractivity contribution in [1.82, 2.24) is 14.8 Å². The van der Waals surface area contributed by atoms with Gasteiger partial charge in [-0.25, -0.2) is 4.98 Å². The minimum atomic E-state index is -0.0644. The van der Waals surface area contributed by atoms with E-state index in [0.29, 0.717) is 42.4 Å². The van der Waals surface area contributed by atoms with Crippen LogP contribution >= 0.6 is 11.3 Å². The molecular formula is C20H25N3O3S. The van der Waals surface area contributed by atoms with Crippen molar-refractivity contribution in [1.29, 1.82) is 0 Å². The first-order valence-corrected chi connectivity index (χ1v) is 9.80. The van der Waals surface area contributed by atoms with Gasteiger partial charge in [0.2, 0.25) is 0 Å². The summed E-state index contributed by atoms with van der Waals surface area (Å²) in [5.41, 5.74) is 0.539. The van der Waals surface area contributed by atoms with Crippen LogP contribution in [0, 0.1) is 0 Å². The highest BCUT2D eigenvalue weighted by molar-refractivity contribution is 7.13. The van der Waals surface area contributed by atoms with Gasteiger partial charge in [0.05, 0.1) is 18.3 Å². The van der Waals surface area contributed by atoms with Gasteiger partial charge in [-0.15, -0.1) is 11.3 Å². The maximum atomic E-state index is 12.7. The van der Waals surface area contributed by atoms with E-state index in [1.807, 2.05) is 12.1 Å². The summed E-state index contributed by atoms with van der Waals surface area (Å²) in [6.45, 7) is 8.35. The third-order valence-corrected chi connectivity index (χ3v) is 5.94. The van der Waals surface area contributed by atoms with E-state index in [0.717, 1.165) is 5.01 Å². The summed E-state index contributed by atoms with van der Waals surface area (Å²) >= 11 is 1.45. The predicted molar refractivity (Wildman–Crippen MR) is 106 cm³/mol. The monoisotopic (exact) mass is 387 g/mol. The number of aromatic nitrogens is 1. The van der Waals surface area contributed by atoms with Crippen LogP contribution in [0.4, 0.5) is 0 Å². The molecule has 0 bridgehead atoms. The fourth-order valence-electron chi connectivity index (χ4n) is 2.93. The van der Waals surface area contributed by atoms with Crippen molar-refractivity contribution in [2.24, 2.45) is 0 Å². The zero-order valence-electron chi connectivity index (χ0n) is 16.2. The van der Waals surface area contributed by atoms with Crippen molar-refractivity contribution in [2.45, 2.75) is 26.2 Å². The molecule has 1 aromatic heterocycles. The molecule has 0 spiro atoms. The number of piperazine rings is 1. The number of hydrogen-bond acceptors (Lipinski definition) is 5. The third kappa shape index (κ3) is 4.30. The van der Waals surface area contributed by atoms with Crippen LogP contribution in [0.2, 0.25) is 0 Å². The van der Waals surface area contributed by atoms with Gasteiger partial charge in [0, 0.05) is 37.2 Å².